The van der Waals surface area contributed by atoms with Gasteiger partial charge in [0, 0.05) is 52.2 Å². The number of nitrogens with one attached hydrogen (secondary N) is 1. The predicted molar refractivity (Wildman–Crippen MR) is 150 cm³/mol. The molecule has 2 heterocycles. The second-order valence-corrected chi connectivity index (χ2v) is 10.8. The molecule has 1 fully saturated rings. The van der Waals surface area contributed by atoms with Gasteiger partial charge in [-0.15, -0.1) is 11.3 Å². The molecule has 1 aliphatic rings. The van der Waals surface area contributed by atoms with Crippen molar-refractivity contribution in [1.82, 2.24) is 20.2 Å². The van der Waals surface area contributed by atoms with Crippen LogP contribution in [0.3, 0.4) is 0 Å². The summed E-state index contributed by atoms with van der Waals surface area (Å²) in [4.78, 5) is 25.2. The fraction of sp³-hybridized carbons (Fsp3) is 0.345. The van der Waals surface area contributed by atoms with E-state index in [0.717, 1.165) is 58.2 Å². The third-order valence-corrected chi connectivity index (χ3v) is 8.79. The molecule has 4 aromatic rings. The predicted octanol–water partition coefficient (Wildman–Crippen LogP) is 6.58. The zero-order valence-electron chi connectivity index (χ0n) is 21.1. The maximum atomic E-state index is 14.2. The molecule has 2 aromatic carbocycles. The van der Waals surface area contributed by atoms with Crippen molar-refractivity contribution in [3.8, 4) is 16.9 Å². The molecule has 0 atom stereocenters. The van der Waals surface area contributed by atoms with Crippen LogP contribution in [-0.2, 0) is 6.54 Å². The quantitative estimate of drug-likeness (QED) is 0.276. The summed E-state index contributed by atoms with van der Waals surface area (Å²) in [5.41, 5.74) is 2.88. The number of ether oxygens (including phenoxy) is 1. The summed E-state index contributed by atoms with van der Waals surface area (Å²) in [5.74, 6) is 0.766. The normalized spacial score (nSPS) is 17.6. The summed E-state index contributed by atoms with van der Waals surface area (Å²) in [5, 5.41) is 4.87. The Morgan fingerprint density at radius 2 is 1.86 bits per heavy atom. The molecule has 192 valence electrons. The number of amides is 1. The molecule has 0 aliphatic heterocycles. The highest BCUT2D eigenvalue weighted by molar-refractivity contribution is 7.21. The van der Waals surface area contributed by atoms with Gasteiger partial charge in [-0.1, -0.05) is 35.9 Å². The molecule has 1 amide bonds. The van der Waals surface area contributed by atoms with E-state index in [1.807, 2.05) is 55.3 Å². The lowest BCUT2D eigenvalue weighted by molar-refractivity contribution is 0.0604. The lowest BCUT2D eigenvalue weighted by Gasteiger charge is -2.37. The van der Waals surface area contributed by atoms with E-state index in [1.165, 1.54) is 17.7 Å². The van der Waals surface area contributed by atoms with Crippen LogP contribution in [0, 0.1) is 0 Å². The number of carbonyl (C=O) groups excluding carboxylic acids is 1. The molecule has 1 saturated carbocycles. The molecule has 0 radical (unpaired) electrons. The molecule has 0 bridgehead atoms. The van der Waals surface area contributed by atoms with Gasteiger partial charge in [0.25, 0.3) is 5.91 Å². The van der Waals surface area contributed by atoms with Crippen LogP contribution in [0.15, 0.2) is 61.2 Å². The summed E-state index contributed by atoms with van der Waals surface area (Å²) in [6, 6.07) is 14.6. The van der Waals surface area contributed by atoms with E-state index in [2.05, 4.69) is 21.4 Å². The third kappa shape index (κ3) is 5.49. The van der Waals surface area contributed by atoms with Crippen molar-refractivity contribution in [2.75, 3.05) is 13.7 Å². The first-order valence-corrected chi connectivity index (χ1v) is 13.9. The van der Waals surface area contributed by atoms with Gasteiger partial charge in [-0.05, 0) is 63.4 Å². The number of benzene rings is 2. The first-order chi connectivity index (χ1) is 18.1. The number of hydrogen-bond acceptors (Lipinski definition) is 6. The topological polar surface area (TPSA) is 67.4 Å². The molecular weight excluding hydrogens is 504 g/mol. The molecule has 2 aromatic heterocycles. The van der Waals surface area contributed by atoms with Crippen LogP contribution in [0.1, 0.15) is 47.8 Å². The summed E-state index contributed by atoms with van der Waals surface area (Å²) < 4.78 is 7.03. The first kappa shape index (κ1) is 25.6. The number of halogens is 1. The monoisotopic (exact) mass is 534 g/mol. The van der Waals surface area contributed by atoms with E-state index in [0.29, 0.717) is 29.1 Å². The van der Waals surface area contributed by atoms with Gasteiger partial charge in [-0.25, -0.2) is 9.97 Å². The molecule has 5 rings (SSSR count). The number of fused-ring (bicyclic) bond motifs is 1. The maximum Gasteiger partial charge on any atom is 0.266 e. The number of rotatable bonds is 8. The van der Waals surface area contributed by atoms with Gasteiger partial charge in [0.05, 0.1) is 11.6 Å². The first-order valence-electron chi connectivity index (χ1n) is 12.8. The van der Waals surface area contributed by atoms with Crippen LogP contribution in [0.25, 0.3) is 21.2 Å². The zero-order valence-corrected chi connectivity index (χ0v) is 22.7. The van der Waals surface area contributed by atoms with Gasteiger partial charge in [0.2, 0.25) is 0 Å². The highest BCUT2D eigenvalue weighted by Crippen LogP contribution is 2.38. The van der Waals surface area contributed by atoms with Crippen LogP contribution >= 0.6 is 22.9 Å². The Kier molecular flexibility index (Phi) is 8.03. The van der Waals surface area contributed by atoms with Gasteiger partial charge in [-0.3, -0.25) is 4.79 Å². The van der Waals surface area contributed by atoms with Crippen LogP contribution in [0.5, 0.6) is 5.75 Å². The Balaban J connectivity index is 1.53. The summed E-state index contributed by atoms with van der Waals surface area (Å²) in [6.45, 7) is 2.96. The number of hydrogen-bond donors (Lipinski definition) is 1. The third-order valence-electron chi connectivity index (χ3n) is 7.13. The molecule has 0 unspecified atom stereocenters. The van der Waals surface area contributed by atoms with Crippen molar-refractivity contribution >= 4 is 38.9 Å². The Hall–Kier alpha value is -3.00. The molecule has 37 heavy (non-hydrogen) atoms. The standard InChI is InChI=1S/C29H31ClN4O2S/c1-3-36-25-13-8-19(21-15-32-18-33-16-21)14-20(25)17-34(23-11-9-22(31-2)10-12-23)29(35)28-27(30)24-6-4-5-7-26(24)37-28/h4-8,13-16,18,22-23,31H,3,9-12,17H2,1-2H3/t22-,23+. The Bertz CT molecular complexity index is 1370. The minimum atomic E-state index is -0.0185. The average Bonchev–Trinajstić information content (AvgIpc) is 3.29. The molecule has 8 heteroatoms. The smallest absolute Gasteiger partial charge is 0.266 e. The van der Waals surface area contributed by atoms with Gasteiger partial charge < -0.3 is 15.0 Å². The van der Waals surface area contributed by atoms with E-state index in [-0.39, 0.29) is 11.9 Å². The average molecular weight is 535 g/mol. The number of carbonyl (C=O) groups is 1. The number of thiophene rings is 1. The van der Waals surface area contributed by atoms with E-state index in [4.69, 9.17) is 16.3 Å². The lowest BCUT2D eigenvalue weighted by Crippen LogP contribution is -2.44. The van der Waals surface area contributed by atoms with E-state index < -0.39 is 0 Å². The van der Waals surface area contributed by atoms with E-state index in [9.17, 15) is 4.79 Å². The van der Waals surface area contributed by atoms with Gasteiger partial charge in [-0.2, -0.15) is 0 Å². The molecule has 1 N–H and O–H groups in total. The fourth-order valence-electron chi connectivity index (χ4n) is 5.14. The molecule has 0 spiro atoms. The molecule has 6 nitrogen and oxygen atoms in total. The van der Waals surface area contributed by atoms with Crippen LogP contribution in [0.2, 0.25) is 5.02 Å². The van der Waals surface area contributed by atoms with E-state index in [1.54, 1.807) is 12.4 Å². The van der Waals surface area contributed by atoms with Gasteiger partial charge in [0.1, 0.15) is 17.0 Å². The fourth-order valence-corrected chi connectivity index (χ4v) is 6.60. The maximum absolute atomic E-state index is 14.2. The van der Waals surface area contributed by atoms with Crippen molar-refractivity contribution in [2.45, 2.75) is 51.2 Å². The largest absolute Gasteiger partial charge is 0.494 e. The Morgan fingerprint density at radius 1 is 1.11 bits per heavy atom. The molecule has 1 aliphatic carbocycles. The second kappa shape index (κ2) is 11.6. The van der Waals surface area contributed by atoms with Crippen molar-refractivity contribution in [2.24, 2.45) is 0 Å². The van der Waals surface area contributed by atoms with Crippen molar-refractivity contribution < 1.29 is 9.53 Å². The molecule has 0 saturated heterocycles. The van der Waals surface area contributed by atoms with Gasteiger partial charge >= 0.3 is 0 Å². The Labute approximate surface area is 226 Å². The number of nitrogens with zero attached hydrogens (tertiary/aromatic N) is 3. The van der Waals surface area contributed by atoms with Crippen molar-refractivity contribution in [3.63, 3.8) is 0 Å². The van der Waals surface area contributed by atoms with Crippen LogP contribution < -0.4 is 10.1 Å². The lowest BCUT2D eigenvalue weighted by atomic mass is 9.89. The summed E-state index contributed by atoms with van der Waals surface area (Å²) in [7, 11) is 2.01. The van der Waals surface area contributed by atoms with Crippen LogP contribution in [-0.4, -0.2) is 46.5 Å². The van der Waals surface area contributed by atoms with Crippen molar-refractivity contribution in [1.29, 1.82) is 0 Å². The SMILES string of the molecule is CCOc1ccc(-c2cncnc2)cc1CN(C(=O)c1sc2ccccc2c1Cl)[C@H]1CC[C@@H](NC)CC1. The van der Waals surface area contributed by atoms with Crippen molar-refractivity contribution in [3.05, 3.63) is 76.6 Å². The van der Waals surface area contributed by atoms with Crippen LogP contribution in [0.4, 0.5) is 0 Å². The van der Waals surface area contributed by atoms with E-state index >= 15 is 0 Å². The minimum Gasteiger partial charge on any atom is -0.494 e. The zero-order chi connectivity index (χ0) is 25.8. The highest BCUT2D eigenvalue weighted by atomic mass is 35.5. The second-order valence-electron chi connectivity index (χ2n) is 9.35. The summed E-state index contributed by atoms with van der Waals surface area (Å²) >= 11 is 8.26. The van der Waals surface area contributed by atoms with Gasteiger partial charge in [0.15, 0.2) is 0 Å². The minimum absolute atomic E-state index is 0.0185. The summed E-state index contributed by atoms with van der Waals surface area (Å²) in [6.07, 6.45) is 9.06. The number of aromatic nitrogens is 2. The molecular formula is C29H31ClN4O2S. The Morgan fingerprint density at radius 3 is 2.57 bits per heavy atom. The highest BCUT2D eigenvalue weighted by Gasteiger charge is 2.32.